The molecule has 1 aliphatic rings. The third-order valence-electron chi connectivity index (χ3n) is 3.22. The molecule has 0 spiro atoms. The number of hydrogen-bond donors (Lipinski definition) is 1. The van der Waals surface area contributed by atoms with Crippen molar-refractivity contribution in [3.63, 3.8) is 0 Å². The van der Waals surface area contributed by atoms with E-state index in [4.69, 9.17) is 4.42 Å². The lowest BCUT2D eigenvalue weighted by molar-refractivity contribution is 0.0907. The van der Waals surface area contributed by atoms with E-state index in [2.05, 4.69) is 31.0 Å². The van der Waals surface area contributed by atoms with Gasteiger partial charge in [0.05, 0.1) is 6.54 Å². The largest absolute Gasteiger partial charge is 0.457 e. The van der Waals surface area contributed by atoms with Gasteiger partial charge < -0.3 is 9.73 Å². The summed E-state index contributed by atoms with van der Waals surface area (Å²) in [6.07, 6.45) is 0.521. The summed E-state index contributed by atoms with van der Waals surface area (Å²) >= 11 is 0. The van der Waals surface area contributed by atoms with Gasteiger partial charge in [-0.1, -0.05) is 20.8 Å². The Morgan fingerprint density at radius 2 is 2.00 bits per heavy atom. The number of ketones is 1. The van der Waals surface area contributed by atoms with Crippen LogP contribution in [0.5, 0.6) is 0 Å². The first-order valence-corrected chi connectivity index (χ1v) is 6.99. The highest BCUT2D eigenvalue weighted by Crippen LogP contribution is 2.22. The summed E-state index contributed by atoms with van der Waals surface area (Å²) in [6.45, 7) is 11.1. The molecule has 1 N–H and O–H groups in total. The lowest BCUT2D eigenvalue weighted by atomic mass is 9.89. The minimum Gasteiger partial charge on any atom is -0.457 e. The molecule has 0 unspecified atom stereocenters. The van der Waals surface area contributed by atoms with Gasteiger partial charge in [-0.3, -0.25) is 9.69 Å². The molecule has 1 aromatic rings. The van der Waals surface area contributed by atoms with E-state index in [-0.39, 0.29) is 11.2 Å². The second kappa shape index (κ2) is 5.88. The van der Waals surface area contributed by atoms with Gasteiger partial charge >= 0.3 is 0 Å². The second-order valence-electron chi connectivity index (χ2n) is 6.45. The van der Waals surface area contributed by atoms with Crippen molar-refractivity contribution in [2.24, 2.45) is 5.41 Å². The molecule has 19 heavy (non-hydrogen) atoms. The molecule has 2 rings (SSSR count). The lowest BCUT2D eigenvalue weighted by Crippen LogP contribution is -2.42. The van der Waals surface area contributed by atoms with Crippen molar-refractivity contribution in [3.8, 4) is 0 Å². The van der Waals surface area contributed by atoms with Crippen LogP contribution in [0.15, 0.2) is 16.5 Å². The van der Waals surface area contributed by atoms with E-state index in [1.165, 1.54) is 0 Å². The molecule has 0 aliphatic carbocycles. The van der Waals surface area contributed by atoms with E-state index in [0.29, 0.717) is 12.2 Å². The topological polar surface area (TPSA) is 45.5 Å². The van der Waals surface area contributed by atoms with Gasteiger partial charge in [0.15, 0.2) is 11.5 Å². The first-order valence-electron chi connectivity index (χ1n) is 6.99. The van der Waals surface area contributed by atoms with Crippen molar-refractivity contribution in [1.29, 1.82) is 0 Å². The average molecular weight is 264 g/mol. The predicted octanol–water partition coefficient (Wildman–Crippen LogP) is 2.30. The number of furan rings is 1. The Balaban J connectivity index is 1.92. The number of hydrogen-bond acceptors (Lipinski definition) is 4. The Morgan fingerprint density at radius 3 is 2.63 bits per heavy atom. The average Bonchev–Trinajstić information content (AvgIpc) is 2.77. The summed E-state index contributed by atoms with van der Waals surface area (Å²) < 4.78 is 5.68. The van der Waals surface area contributed by atoms with Crippen molar-refractivity contribution in [1.82, 2.24) is 10.2 Å². The highest BCUT2D eigenvalue weighted by molar-refractivity contribution is 5.93. The summed E-state index contributed by atoms with van der Waals surface area (Å²) in [5.74, 6) is 1.48. The normalized spacial score (nSPS) is 17.6. The molecule has 0 atom stereocenters. The molecule has 106 valence electrons. The summed E-state index contributed by atoms with van der Waals surface area (Å²) in [6, 6.07) is 3.74. The molecule has 0 bridgehead atoms. The minimum atomic E-state index is 0.00256. The third-order valence-corrected chi connectivity index (χ3v) is 3.22. The second-order valence-corrected chi connectivity index (χ2v) is 6.45. The van der Waals surface area contributed by atoms with Crippen LogP contribution in [0.25, 0.3) is 0 Å². The van der Waals surface area contributed by atoms with E-state index < -0.39 is 0 Å². The first-order chi connectivity index (χ1) is 8.94. The Kier molecular flexibility index (Phi) is 4.42. The fourth-order valence-corrected chi connectivity index (χ4v) is 2.27. The minimum absolute atomic E-state index is 0.00256. The van der Waals surface area contributed by atoms with Crippen LogP contribution in [0.1, 0.15) is 43.5 Å². The summed E-state index contributed by atoms with van der Waals surface area (Å²) in [7, 11) is 0. The quantitative estimate of drug-likeness (QED) is 0.848. The Bertz CT molecular complexity index is 426. The van der Waals surface area contributed by atoms with E-state index >= 15 is 0 Å². The van der Waals surface area contributed by atoms with Gasteiger partial charge in [0.25, 0.3) is 0 Å². The van der Waals surface area contributed by atoms with Crippen LogP contribution >= 0.6 is 0 Å². The van der Waals surface area contributed by atoms with Crippen molar-refractivity contribution < 1.29 is 9.21 Å². The zero-order valence-electron chi connectivity index (χ0n) is 12.2. The molecule has 0 radical (unpaired) electrons. The number of nitrogens with zero attached hydrogens (tertiary/aromatic N) is 1. The number of Topliss-reactive ketones (excluding diaryl/α,β-unsaturated/α-hetero) is 1. The maximum Gasteiger partial charge on any atom is 0.198 e. The van der Waals surface area contributed by atoms with E-state index in [0.717, 1.165) is 38.5 Å². The fourth-order valence-electron chi connectivity index (χ4n) is 2.27. The predicted molar refractivity (Wildman–Crippen MR) is 75.3 cm³/mol. The van der Waals surface area contributed by atoms with Gasteiger partial charge in [-0.2, -0.15) is 0 Å². The summed E-state index contributed by atoms with van der Waals surface area (Å²) in [5, 5.41) is 3.32. The number of carbonyl (C=O) groups is 1. The van der Waals surface area contributed by atoms with Gasteiger partial charge in [-0.25, -0.2) is 0 Å². The molecule has 1 saturated heterocycles. The lowest BCUT2D eigenvalue weighted by Gasteiger charge is -2.26. The highest BCUT2D eigenvalue weighted by Gasteiger charge is 2.20. The summed E-state index contributed by atoms with van der Waals surface area (Å²) in [4.78, 5) is 14.4. The van der Waals surface area contributed by atoms with Crippen LogP contribution in [-0.4, -0.2) is 36.9 Å². The fraction of sp³-hybridized carbons (Fsp3) is 0.667. The maximum absolute atomic E-state index is 12.0. The van der Waals surface area contributed by atoms with E-state index in [9.17, 15) is 4.79 Å². The van der Waals surface area contributed by atoms with Gasteiger partial charge in [0.2, 0.25) is 0 Å². The first kappa shape index (κ1) is 14.3. The van der Waals surface area contributed by atoms with Crippen LogP contribution < -0.4 is 5.32 Å². The molecule has 2 heterocycles. The van der Waals surface area contributed by atoms with E-state index in [1.54, 1.807) is 0 Å². The highest BCUT2D eigenvalue weighted by atomic mass is 16.3. The van der Waals surface area contributed by atoms with Crippen LogP contribution in [0.4, 0.5) is 0 Å². The Morgan fingerprint density at radius 1 is 1.32 bits per heavy atom. The van der Waals surface area contributed by atoms with Crippen molar-refractivity contribution >= 4 is 5.78 Å². The maximum atomic E-state index is 12.0. The molecule has 1 aliphatic heterocycles. The monoisotopic (exact) mass is 264 g/mol. The molecule has 4 nitrogen and oxygen atoms in total. The zero-order chi connectivity index (χ0) is 13.9. The number of rotatable bonds is 4. The van der Waals surface area contributed by atoms with Crippen molar-refractivity contribution in [2.75, 3.05) is 26.2 Å². The van der Waals surface area contributed by atoms with Gasteiger partial charge in [-0.15, -0.1) is 0 Å². The zero-order valence-corrected chi connectivity index (χ0v) is 12.2. The number of nitrogens with one attached hydrogen (secondary N) is 1. The smallest absolute Gasteiger partial charge is 0.198 e. The standard InChI is InChI=1S/C15H24N2O2/c1-15(2,3)10-13(18)14-5-4-12(19-14)11-17-8-6-16-7-9-17/h4-5,16H,6-11H2,1-3H3. The van der Waals surface area contributed by atoms with E-state index in [1.807, 2.05) is 12.1 Å². The molecule has 1 aromatic heterocycles. The Labute approximate surface area is 115 Å². The van der Waals surface area contributed by atoms with Crippen LogP contribution in [0.2, 0.25) is 0 Å². The summed E-state index contributed by atoms with van der Waals surface area (Å²) in [5.41, 5.74) is 0.00256. The molecular formula is C15H24N2O2. The SMILES string of the molecule is CC(C)(C)CC(=O)c1ccc(CN2CCNCC2)o1. The molecule has 0 saturated carbocycles. The van der Waals surface area contributed by atoms with Gasteiger partial charge in [-0.05, 0) is 17.5 Å². The van der Waals surface area contributed by atoms with Gasteiger partial charge in [0, 0.05) is 32.6 Å². The van der Waals surface area contributed by atoms with Crippen LogP contribution in [0.3, 0.4) is 0 Å². The third kappa shape index (κ3) is 4.48. The molecular weight excluding hydrogens is 240 g/mol. The van der Waals surface area contributed by atoms with Gasteiger partial charge in [0.1, 0.15) is 5.76 Å². The molecule has 0 aromatic carbocycles. The molecule has 1 fully saturated rings. The number of carbonyl (C=O) groups excluding carboxylic acids is 1. The van der Waals surface area contributed by atoms with Crippen LogP contribution in [0, 0.1) is 5.41 Å². The molecule has 0 amide bonds. The van der Waals surface area contributed by atoms with Crippen molar-refractivity contribution in [2.45, 2.75) is 33.7 Å². The molecule has 4 heteroatoms. The van der Waals surface area contributed by atoms with Crippen LogP contribution in [-0.2, 0) is 6.54 Å². The number of piperazine rings is 1. The Hall–Kier alpha value is -1.13. The van der Waals surface area contributed by atoms with Crippen molar-refractivity contribution in [3.05, 3.63) is 23.7 Å².